The zero-order valence-electron chi connectivity index (χ0n) is 27.4. The summed E-state index contributed by atoms with van der Waals surface area (Å²) in [6.07, 6.45) is 2.39. The monoisotopic (exact) mass is 667 g/mol. The maximum Gasteiger partial charge on any atom is 0.278 e. The highest BCUT2D eigenvalue weighted by atomic mass is 16.2. The first-order valence-corrected chi connectivity index (χ1v) is 17.3. The third kappa shape index (κ3) is 6.02. The molecule has 0 bridgehead atoms. The number of nitrogens with one attached hydrogen (secondary N) is 1. The van der Waals surface area contributed by atoms with Crippen molar-refractivity contribution in [1.29, 1.82) is 0 Å². The lowest BCUT2D eigenvalue weighted by atomic mass is 9.92. The molecule has 0 spiro atoms. The van der Waals surface area contributed by atoms with Crippen molar-refractivity contribution in [2.24, 2.45) is 29.4 Å². The van der Waals surface area contributed by atoms with Crippen LogP contribution in [-0.4, -0.2) is 107 Å². The van der Waals surface area contributed by atoms with E-state index in [2.05, 4.69) is 30.3 Å². The number of anilines is 2. The van der Waals surface area contributed by atoms with Crippen LogP contribution in [0.15, 0.2) is 47.3 Å². The normalized spacial score (nSPS) is 25.1. The summed E-state index contributed by atoms with van der Waals surface area (Å²) in [5, 5.41) is 10.7. The van der Waals surface area contributed by atoms with Crippen LogP contribution in [0.1, 0.15) is 42.1 Å². The van der Waals surface area contributed by atoms with E-state index >= 15 is 0 Å². The van der Waals surface area contributed by atoms with Crippen molar-refractivity contribution in [3.8, 4) is 0 Å². The van der Waals surface area contributed by atoms with Crippen molar-refractivity contribution < 1.29 is 19.2 Å². The van der Waals surface area contributed by atoms with Crippen LogP contribution in [0.3, 0.4) is 0 Å². The smallest absolute Gasteiger partial charge is 0.278 e. The van der Waals surface area contributed by atoms with Gasteiger partial charge in [-0.25, -0.2) is 0 Å². The fourth-order valence-corrected chi connectivity index (χ4v) is 8.45. The van der Waals surface area contributed by atoms with Crippen LogP contribution in [-0.2, 0) is 14.4 Å². The zero-order valence-corrected chi connectivity index (χ0v) is 27.4. The predicted octanol–water partition coefficient (Wildman–Crippen LogP) is 0.611. The Morgan fingerprint density at radius 3 is 2.18 bits per heavy atom. The summed E-state index contributed by atoms with van der Waals surface area (Å²) >= 11 is 0. The molecule has 3 atom stereocenters. The lowest BCUT2D eigenvalue weighted by Crippen LogP contribution is -2.56. The van der Waals surface area contributed by atoms with Crippen molar-refractivity contribution in [2.75, 3.05) is 68.7 Å². The van der Waals surface area contributed by atoms with Crippen LogP contribution in [0, 0.1) is 23.7 Å². The largest absolute Gasteiger partial charge is 0.371 e. The van der Waals surface area contributed by atoms with Gasteiger partial charge < -0.3 is 25.3 Å². The first-order chi connectivity index (χ1) is 23.7. The number of imide groups is 1. The molecule has 3 aromatic rings. The minimum Gasteiger partial charge on any atom is -0.371 e. The summed E-state index contributed by atoms with van der Waals surface area (Å²) in [6.45, 7) is 8.17. The van der Waals surface area contributed by atoms with E-state index in [-0.39, 0.29) is 30.6 Å². The Balaban J connectivity index is 0.802. The van der Waals surface area contributed by atoms with Gasteiger partial charge in [-0.05, 0) is 79.5 Å². The molecule has 0 saturated carbocycles. The van der Waals surface area contributed by atoms with Gasteiger partial charge in [-0.3, -0.25) is 29.3 Å². The van der Waals surface area contributed by atoms with Crippen LogP contribution < -0.4 is 26.4 Å². The second-order valence-corrected chi connectivity index (χ2v) is 14.4. The van der Waals surface area contributed by atoms with Crippen molar-refractivity contribution in [3.63, 3.8) is 0 Å². The van der Waals surface area contributed by atoms with E-state index in [4.69, 9.17) is 5.73 Å². The minimum atomic E-state index is -0.872. The van der Waals surface area contributed by atoms with Crippen LogP contribution in [0.25, 0.3) is 10.9 Å². The van der Waals surface area contributed by atoms with Crippen LogP contribution in [0.4, 0.5) is 11.4 Å². The van der Waals surface area contributed by atoms with E-state index in [1.54, 1.807) is 12.1 Å². The summed E-state index contributed by atoms with van der Waals surface area (Å²) in [7, 11) is 0. The summed E-state index contributed by atoms with van der Waals surface area (Å²) < 4.78 is 1.07. The molecule has 256 valence electrons. The summed E-state index contributed by atoms with van der Waals surface area (Å²) in [5.41, 5.74) is 7.92. The fraction of sp³-hybridized carbons (Fsp3) is 0.514. The first kappa shape index (κ1) is 31.4. The molecule has 5 saturated heterocycles. The number of nitrogens with zero attached hydrogens (tertiary/aromatic N) is 7. The van der Waals surface area contributed by atoms with Crippen LogP contribution in [0.2, 0.25) is 0 Å². The van der Waals surface area contributed by atoms with Gasteiger partial charge in [0.2, 0.25) is 17.7 Å². The number of rotatable bonds is 7. The van der Waals surface area contributed by atoms with Gasteiger partial charge in [-0.15, -0.1) is 5.10 Å². The summed E-state index contributed by atoms with van der Waals surface area (Å²) in [4.78, 5) is 71.2. The van der Waals surface area contributed by atoms with Crippen molar-refractivity contribution >= 4 is 45.9 Å². The highest BCUT2D eigenvalue weighted by molar-refractivity contribution is 5.99. The number of aromatic nitrogens is 3. The number of likely N-dealkylation sites (tertiary alicyclic amines) is 2. The molecule has 8 rings (SSSR count). The third-order valence-corrected chi connectivity index (χ3v) is 11.3. The number of carbonyl (C=O) groups is 4. The average molecular weight is 668 g/mol. The van der Waals surface area contributed by atoms with Gasteiger partial charge in [0.25, 0.3) is 11.5 Å². The highest BCUT2D eigenvalue weighted by Crippen LogP contribution is 2.35. The maximum atomic E-state index is 13.4. The van der Waals surface area contributed by atoms with Crippen molar-refractivity contribution in [3.05, 3.63) is 58.4 Å². The molecule has 5 aliphatic rings. The quantitative estimate of drug-likeness (QED) is 0.341. The number of hydrogen-bond donors (Lipinski definition) is 2. The number of fused-ring (bicyclic) bond motifs is 2. The number of primary amides is 1. The third-order valence-electron chi connectivity index (χ3n) is 11.3. The van der Waals surface area contributed by atoms with Gasteiger partial charge in [0.05, 0.1) is 11.3 Å². The number of piperidine rings is 2. The topological polar surface area (TPSA) is 167 Å². The Labute approximate surface area is 283 Å². The molecule has 14 nitrogen and oxygen atoms in total. The molecule has 1 aromatic heterocycles. The number of hydrogen-bond acceptors (Lipinski definition) is 10. The van der Waals surface area contributed by atoms with E-state index in [1.807, 2.05) is 35.2 Å². The molecule has 5 fully saturated rings. The van der Waals surface area contributed by atoms with Gasteiger partial charge in [-0.2, -0.15) is 4.68 Å². The summed E-state index contributed by atoms with van der Waals surface area (Å²) in [6, 6.07) is 12.1. The van der Waals surface area contributed by atoms with Gasteiger partial charge in [0.15, 0.2) is 0 Å². The molecule has 3 N–H and O–H groups in total. The first-order valence-electron chi connectivity index (χ1n) is 17.3. The molecule has 14 heteroatoms. The van der Waals surface area contributed by atoms with E-state index in [0.717, 1.165) is 74.7 Å². The Bertz CT molecular complexity index is 1850. The molecule has 5 aliphatic heterocycles. The van der Waals surface area contributed by atoms with Crippen LogP contribution >= 0.6 is 0 Å². The van der Waals surface area contributed by atoms with Gasteiger partial charge in [0.1, 0.15) is 11.6 Å². The molecule has 0 aliphatic carbocycles. The van der Waals surface area contributed by atoms with Gasteiger partial charge in [-0.1, -0.05) is 5.21 Å². The van der Waals surface area contributed by atoms with E-state index < -0.39 is 23.4 Å². The second kappa shape index (κ2) is 12.6. The molecular formula is C35H41N9O5. The maximum absolute atomic E-state index is 13.4. The van der Waals surface area contributed by atoms with Crippen molar-refractivity contribution in [1.82, 2.24) is 30.1 Å². The molecule has 49 heavy (non-hydrogen) atoms. The van der Waals surface area contributed by atoms with E-state index in [1.165, 1.54) is 0 Å². The second-order valence-electron chi connectivity index (χ2n) is 14.4. The SMILES string of the molecule is NC(=O)c1ccc(N2CC3CN(CC4CCN(C(=O)C5CN(c6ccc7nnn(C8CCC(=O)NC8=O)c(=O)c7c6)C5)CC4)CC3C2)cc1. The van der Waals surface area contributed by atoms with Gasteiger partial charge >= 0.3 is 0 Å². The molecule has 2 aromatic carbocycles. The van der Waals surface area contributed by atoms with Crippen LogP contribution in [0.5, 0.6) is 0 Å². The number of nitrogens with two attached hydrogens (primary N) is 1. The highest BCUT2D eigenvalue weighted by Gasteiger charge is 2.41. The van der Waals surface area contributed by atoms with Gasteiger partial charge in [0, 0.05) is 82.3 Å². The Morgan fingerprint density at radius 2 is 1.51 bits per heavy atom. The minimum absolute atomic E-state index is 0.0733. The zero-order chi connectivity index (χ0) is 33.8. The number of carbonyl (C=O) groups excluding carboxylic acids is 4. The predicted molar refractivity (Wildman–Crippen MR) is 181 cm³/mol. The molecule has 4 amide bonds. The standard InChI is InChI=1S/C35H41N9O5/c36-32(46)22-1-3-26(4-2-22)42-17-23-15-40(16-24(23)18-42)14-21-9-11-41(12-10-21)34(48)25-19-43(20-25)27-5-6-29-28(13-27)35(49)44(39-38-29)30-7-8-31(45)37-33(30)47/h1-6,13,21,23-25,30H,7-12,14-20H2,(H2,36,46)(H,37,45,47). The lowest BCUT2D eigenvalue weighted by molar-refractivity contribution is -0.138. The molecule has 0 radical (unpaired) electrons. The molecule has 3 unspecified atom stereocenters. The van der Waals surface area contributed by atoms with E-state index in [9.17, 15) is 24.0 Å². The fourth-order valence-electron chi connectivity index (χ4n) is 8.45. The number of benzene rings is 2. The van der Waals surface area contributed by atoms with E-state index in [0.29, 0.717) is 47.3 Å². The Hall–Kier alpha value is -4.85. The lowest BCUT2D eigenvalue weighted by Gasteiger charge is -2.43. The molecular weight excluding hydrogens is 626 g/mol. The Kier molecular flexibility index (Phi) is 8.05. The average Bonchev–Trinajstić information content (AvgIpc) is 3.64. The number of amides is 4. The molecule has 6 heterocycles. The Morgan fingerprint density at radius 1 is 0.837 bits per heavy atom. The van der Waals surface area contributed by atoms with Crippen molar-refractivity contribution in [2.45, 2.75) is 31.7 Å². The summed E-state index contributed by atoms with van der Waals surface area (Å²) in [5.74, 6) is 0.739.